The number of para-hydroxylation sites is 1. The van der Waals surface area contributed by atoms with Crippen molar-refractivity contribution in [1.29, 1.82) is 0 Å². The first-order valence-electron chi connectivity index (χ1n) is 10.6. The number of benzene rings is 2. The van der Waals surface area contributed by atoms with Gasteiger partial charge in [-0.2, -0.15) is 14.7 Å². The van der Waals surface area contributed by atoms with Crippen molar-refractivity contribution >= 4 is 16.3 Å². The van der Waals surface area contributed by atoms with Crippen molar-refractivity contribution in [2.45, 2.75) is 33.1 Å². The largest absolute Gasteiger partial charge is 0.497 e. The minimum atomic E-state index is 0.677. The van der Waals surface area contributed by atoms with Gasteiger partial charge in [0.25, 0.3) is 0 Å². The van der Waals surface area contributed by atoms with Crippen LogP contribution in [-0.4, -0.2) is 36.7 Å². The van der Waals surface area contributed by atoms with E-state index in [1.165, 1.54) is 11.3 Å². The maximum absolute atomic E-state index is 5.23. The molecule has 3 heterocycles. The molecule has 0 unspecified atom stereocenters. The van der Waals surface area contributed by atoms with Crippen molar-refractivity contribution in [1.82, 2.24) is 29.6 Å². The lowest BCUT2D eigenvalue weighted by Gasteiger charge is -2.05. The number of aryl methyl sites for hydroxylation is 2. The van der Waals surface area contributed by atoms with Gasteiger partial charge in [0.15, 0.2) is 5.82 Å². The molecule has 0 saturated heterocycles. The minimum absolute atomic E-state index is 0.677. The van der Waals surface area contributed by atoms with Crippen LogP contribution >= 0.6 is 11.3 Å². The lowest BCUT2D eigenvalue weighted by Crippen LogP contribution is -2.01. The van der Waals surface area contributed by atoms with Crippen molar-refractivity contribution in [2.75, 3.05) is 7.11 Å². The first-order chi connectivity index (χ1) is 15.6. The highest BCUT2D eigenvalue weighted by molar-refractivity contribution is 7.16. The molecule has 5 aromatic rings. The Morgan fingerprint density at radius 2 is 1.69 bits per heavy atom. The quantitative estimate of drug-likeness (QED) is 0.373. The number of fused-ring (bicyclic) bond motifs is 1. The van der Waals surface area contributed by atoms with E-state index in [1.54, 1.807) is 18.4 Å². The smallest absolute Gasteiger partial charge is 0.234 e. The van der Waals surface area contributed by atoms with Crippen molar-refractivity contribution in [3.05, 3.63) is 87.9 Å². The highest BCUT2D eigenvalue weighted by Crippen LogP contribution is 2.22. The summed E-state index contributed by atoms with van der Waals surface area (Å²) in [4.78, 5) is 0.830. The van der Waals surface area contributed by atoms with E-state index >= 15 is 0 Å². The van der Waals surface area contributed by atoms with Gasteiger partial charge in [-0.15, -0.1) is 10.2 Å². The summed E-state index contributed by atoms with van der Waals surface area (Å²) in [6, 6.07) is 18.3. The number of rotatable bonds is 7. The molecule has 0 spiro atoms. The van der Waals surface area contributed by atoms with E-state index < -0.39 is 0 Å². The summed E-state index contributed by atoms with van der Waals surface area (Å²) in [7, 11) is 1.67. The van der Waals surface area contributed by atoms with E-state index in [2.05, 4.69) is 36.2 Å². The SMILES string of the molecule is COc1ccc(Cc2nnc3sc(CCc4c(C)nn(-c5ccccc5)c4C)nn23)cc1. The van der Waals surface area contributed by atoms with E-state index in [0.717, 1.165) is 51.3 Å². The molecule has 3 aromatic heterocycles. The third-order valence-corrected chi connectivity index (χ3v) is 6.61. The number of aromatic nitrogens is 6. The van der Waals surface area contributed by atoms with Gasteiger partial charge in [-0.25, -0.2) is 4.68 Å². The van der Waals surface area contributed by atoms with Crippen LogP contribution in [0.25, 0.3) is 10.6 Å². The first kappa shape index (κ1) is 20.4. The van der Waals surface area contributed by atoms with Gasteiger partial charge in [-0.3, -0.25) is 0 Å². The van der Waals surface area contributed by atoms with Gasteiger partial charge < -0.3 is 4.74 Å². The third-order valence-electron chi connectivity index (χ3n) is 5.65. The van der Waals surface area contributed by atoms with E-state index in [1.807, 2.05) is 51.7 Å². The Balaban J connectivity index is 1.33. The molecule has 2 aromatic carbocycles. The summed E-state index contributed by atoms with van der Waals surface area (Å²) in [6.07, 6.45) is 2.41. The van der Waals surface area contributed by atoms with Gasteiger partial charge in [0.1, 0.15) is 10.8 Å². The Bertz CT molecular complexity index is 1350. The Morgan fingerprint density at radius 3 is 2.44 bits per heavy atom. The van der Waals surface area contributed by atoms with Crippen LogP contribution in [0.5, 0.6) is 5.75 Å². The number of hydrogen-bond donors (Lipinski definition) is 0. The van der Waals surface area contributed by atoms with Gasteiger partial charge in [0, 0.05) is 18.5 Å². The van der Waals surface area contributed by atoms with Crippen LogP contribution in [-0.2, 0) is 19.3 Å². The fraction of sp³-hybridized carbons (Fsp3) is 0.250. The van der Waals surface area contributed by atoms with Crippen LogP contribution in [0.15, 0.2) is 54.6 Å². The zero-order valence-corrected chi connectivity index (χ0v) is 19.1. The standard InChI is InChI=1S/C24H24N6OS/c1-16-21(17(2)29(27-16)19-7-5-4-6-8-19)13-14-23-28-30-22(25-26-24(30)32-23)15-18-9-11-20(31-3)12-10-18/h4-12H,13-15H2,1-3H3. The summed E-state index contributed by atoms with van der Waals surface area (Å²) in [5, 5.41) is 19.3. The van der Waals surface area contributed by atoms with Gasteiger partial charge in [-0.1, -0.05) is 41.7 Å². The van der Waals surface area contributed by atoms with Gasteiger partial charge >= 0.3 is 0 Å². The molecular formula is C24H24N6OS. The summed E-state index contributed by atoms with van der Waals surface area (Å²) >= 11 is 1.60. The molecular weight excluding hydrogens is 420 g/mol. The van der Waals surface area contributed by atoms with Crippen LogP contribution in [0, 0.1) is 13.8 Å². The van der Waals surface area contributed by atoms with E-state index in [4.69, 9.17) is 14.9 Å². The molecule has 0 aliphatic heterocycles. The molecule has 0 radical (unpaired) electrons. The summed E-state index contributed by atoms with van der Waals surface area (Å²) in [5.74, 6) is 1.69. The number of nitrogens with zero attached hydrogens (tertiary/aromatic N) is 6. The molecule has 0 atom stereocenters. The maximum Gasteiger partial charge on any atom is 0.234 e. The Labute approximate surface area is 190 Å². The van der Waals surface area contributed by atoms with Crippen LogP contribution < -0.4 is 4.74 Å². The zero-order chi connectivity index (χ0) is 22.1. The molecule has 162 valence electrons. The van der Waals surface area contributed by atoms with Crippen molar-refractivity contribution in [2.24, 2.45) is 0 Å². The van der Waals surface area contributed by atoms with Gasteiger partial charge in [0.2, 0.25) is 4.96 Å². The molecule has 0 aliphatic rings. The molecule has 0 N–H and O–H groups in total. The second-order valence-corrected chi connectivity index (χ2v) is 8.77. The molecule has 32 heavy (non-hydrogen) atoms. The Hall–Kier alpha value is -3.52. The topological polar surface area (TPSA) is 70.1 Å². The summed E-state index contributed by atoms with van der Waals surface area (Å²) in [5.41, 5.74) is 5.75. The number of methoxy groups -OCH3 is 1. The minimum Gasteiger partial charge on any atom is -0.497 e. The highest BCUT2D eigenvalue weighted by atomic mass is 32.1. The van der Waals surface area contributed by atoms with Gasteiger partial charge in [0.05, 0.1) is 18.5 Å². The maximum atomic E-state index is 5.23. The molecule has 0 amide bonds. The van der Waals surface area contributed by atoms with Crippen LogP contribution in [0.1, 0.15) is 33.3 Å². The molecule has 8 heteroatoms. The number of ether oxygens (including phenoxy) is 1. The van der Waals surface area contributed by atoms with Crippen molar-refractivity contribution < 1.29 is 4.74 Å². The van der Waals surface area contributed by atoms with Crippen molar-refractivity contribution in [3.8, 4) is 11.4 Å². The zero-order valence-electron chi connectivity index (χ0n) is 18.3. The second kappa shape index (κ2) is 8.55. The van der Waals surface area contributed by atoms with E-state index in [9.17, 15) is 0 Å². The second-order valence-electron chi connectivity index (χ2n) is 7.73. The van der Waals surface area contributed by atoms with Crippen LogP contribution in [0.2, 0.25) is 0 Å². The summed E-state index contributed by atoms with van der Waals surface area (Å²) < 4.78 is 9.13. The van der Waals surface area contributed by atoms with Gasteiger partial charge in [-0.05, 0) is 55.7 Å². The molecule has 0 bridgehead atoms. The van der Waals surface area contributed by atoms with Crippen LogP contribution in [0.4, 0.5) is 0 Å². The molecule has 0 saturated carbocycles. The first-order valence-corrected chi connectivity index (χ1v) is 11.4. The Kier molecular flexibility index (Phi) is 5.45. The Morgan fingerprint density at radius 1 is 0.906 bits per heavy atom. The molecule has 0 aliphatic carbocycles. The summed E-state index contributed by atoms with van der Waals surface area (Å²) in [6.45, 7) is 4.21. The van der Waals surface area contributed by atoms with E-state index in [-0.39, 0.29) is 0 Å². The lowest BCUT2D eigenvalue weighted by atomic mass is 10.1. The highest BCUT2D eigenvalue weighted by Gasteiger charge is 2.16. The fourth-order valence-electron chi connectivity index (χ4n) is 3.92. The average molecular weight is 445 g/mol. The number of hydrogen-bond acceptors (Lipinski definition) is 6. The normalized spacial score (nSPS) is 11.3. The monoisotopic (exact) mass is 444 g/mol. The molecule has 0 fully saturated rings. The third kappa shape index (κ3) is 3.89. The molecule has 7 nitrogen and oxygen atoms in total. The van der Waals surface area contributed by atoms with E-state index in [0.29, 0.717) is 6.42 Å². The average Bonchev–Trinajstić information content (AvgIpc) is 3.47. The fourth-order valence-corrected chi connectivity index (χ4v) is 4.78. The van der Waals surface area contributed by atoms with Crippen molar-refractivity contribution in [3.63, 3.8) is 0 Å². The molecule has 5 rings (SSSR count). The predicted molar refractivity (Wildman–Crippen MR) is 125 cm³/mol. The van der Waals surface area contributed by atoms with Crippen LogP contribution in [0.3, 0.4) is 0 Å². The predicted octanol–water partition coefficient (Wildman–Crippen LogP) is 4.37. The lowest BCUT2D eigenvalue weighted by molar-refractivity contribution is 0.414.